The number of hydrogen-bond donors (Lipinski definition) is 1. The summed E-state index contributed by atoms with van der Waals surface area (Å²) in [7, 11) is 0. The Bertz CT molecular complexity index is 342. The van der Waals surface area contributed by atoms with Crippen molar-refractivity contribution < 1.29 is 0 Å². The zero-order valence-corrected chi connectivity index (χ0v) is 9.15. The molecule has 2 saturated carbocycles. The quantitative estimate of drug-likeness (QED) is 0.799. The van der Waals surface area contributed by atoms with E-state index >= 15 is 0 Å². The van der Waals surface area contributed by atoms with Gasteiger partial charge in [0.25, 0.3) is 0 Å². The third-order valence-corrected chi connectivity index (χ3v) is 4.21. The van der Waals surface area contributed by atoms with Crippen LogP contribution in [-0.4, -0.2) is 5.54 Å². The van der Waals surface area contributed by atoms with Gasteiger partial charge in [-0.25, -0.2) is 0 Å². The van der Waals surface area contributed by atoms with Gasteiger partial charge in [0.2, 0.25) is 0 Å². The van der Waals surface area contributed by atoms with Crippen molar-refractivity contribution in [3.05, 3.63) is 35.9 Å². The molecular weight excluding hydrogens is 182 g/mol. The SMILES string of the molecule is NC1(CC2CCC2)CC1c1ccccc1. The summed E-state index contributed by atoms with van der Waals surface area (Å²) in [6.07, 6.45) is 6.72. The molecule has 3 rings (SSSR count). The smallest absolute Gasteiger partial charge is 0.0233 e. The maximum absolute atomic E-state index is 6.43. The summed E-state index contributed by atoms with van der Waals surface area (Å²) in [5, 5.41) is 0. The molecule has 2 unspecified atom stereocenters. The number of nitrogens with two attached hydrogens (primary N) is 1. The van der Waals surface area contributed by atoms with Gasteiger partial charge in [0.05, 0.1) is 0 Å². The van der Waals surface area contributed by atoms with Gasteiger partial charge < -0.3 is 5.73 Å². The predicted molar refractivity (Wildman–Crippen MR) is 62.7 cm³/mol. The van der Waals surface area contributed by atoms with Crippen LogP contribution in [0, 0.1) is 5.92 Å². The van der Waals surface area contributed by atoms with Gasteiger partial charge in [-0.1, -0.05) is 49.6 Å². The molecule has 0 saturated heterocycles. The Hall–Kier alpha value is -0.820. The van der Waals surface area contributed by atoms with E-state index in [0.717, 1.165) is 5.92 Å². The molecule has 0 bridgehead atoms. The second kappa shape index (κ2) is 3.34. The summed E-state index contributed by atoms with van der Waals surface area (Å²) in [4.78, 5) is 0. The van der Waals surface area contributed by atoms with Gasteiger partial charge in [-0.3, -0.25) is 0 Å². The average Bonchev–Trinajstić information content (AvgIpc) is 2.87. The van der Waals surface area contributed by atoms with Crippen LogP contribution in [0.1, 0.15) is 43.6 Å². The molecular formula is C14H19N. The lowest BCUT2D eigenvalue weighted by molar-refractivity contribution is 0.267. The van der Waals surface area contributed by atoms with Crippen LogP contribution in [0.4, 0.5) is 0 Å². The second-order valence-corrected chi connectivity index (χ2v) is 5.40. The molecule has 2 atom stereocenters. The molecule has 2 N–H and O–H groups in total. The first-order valence-corrected chi connectivity index (χ1v) is 6.12. The number of hydrogen-bond acceptors (Lipinski definition) is 1. The summed E-state index contributed by atoms with van der Waals surface area (Å²) in [6, 6.07) is 10.8. The van der Waals surface area contributed by atoms with E-state index in [4.69, 9.17) is 5.73 Å². The average molecular weight is 201 g/mol. The van der Waals surface area contributed by atoms with Crippen LogP contribution in [0.15, 0.2) is 30.3 Å². The van der Waals surface area contributed by atoms with Gasteiger partial charge in [-0.15, -0.1) is 0 Å². The Morgan fingerprint density at radius 1 is 1.20 bits per heavy atom. The van der Waals surface area contributed by atoms with E-state index in [0.29, 0.717) is 5.92 Å². The van der Waals surface area contributed by atoms with Gasteiger partial charge in [-0.05, 0) is 24.3 Å². The molecule has 0 radical (unpaired) electrons. The van der Waals surface area contributed by atoms with Crippen molar-refractivity contribution >= 4 is 0 Å². The highest BCUT2D eigenvalue weighted by atomic mass is 14.9. The standard InChI is InChI=1S/C14H19N/c15-14(9-11-5-4-6-11)10-13(14)12-7-2-1-3-8-12/h1-3,7-8,11,13H,4-6,9-10,15H2. The Morgan fingerprint density at radius 3 is 2.53 bits per heavy atom. The van der Waals surface area contributed by atoms with Crippen LogP contribution in [0.3, 0.4) is 0 Å². The van der Waals surface area contributed by atoms with Gasteiger partial charge in [-0.2, -0.15) is 0 Å². The fourth-order valence-electron chi connectivity index (χ4n) is 2.92. The van der Waals surface area contributed by atoms with Crippen LogP contribution in [0.5, 0.6) is 0 Å². The molecule has 1 heteroatoms. The van der Waals surface area contributed by atoms with Crippen molar-refractivity contribution in [1.82, 2.24) is 0 Å². The van der Waals surface area contributed by atoms with Gasteiger partial charge in [0.1, 0.15) is 0 Å². The van der Waals surface area contributed by atoms with E-state index in [1.807, 2.05) is 0 Å². The van der Waals surface area contributed by atoms with E-state index in [1.165, 1.54) is 37.7 Å². The van der Waals surface area contributed by atoms with Crippen LogP contribution < -0.4 is 5.73 Å². The maximum atomic E-state index is 6.43. The fourth-order valence-corrected chi connectivity index (χ4v) is 2.92. The summed E-state index contributed by atoms with van der Waals surface area (Å²) in [5.74, 6) is 1.57. The number of benzene rings is 1. The molecule has 1 aromatic carbocycles. The molecule has 0 amide bonds. The number of rotatable bonds is 3. The topological polar surface area (TPSA) is 26.0 Å². The molecule has 2 aliphatic rings. The van der Waals surface area contributed by atoms with Gasteiger partial charge >= 0.3 is 0 Å². The van der Waals surface area contributed by atoms with Crippen LogP contribution in [-0.2, 0) is 0 Å². The first-order chi connectivity index (χ1) is 7.28. The Balaban J connectivity index is 1.66. The predicted octanol–water partition coefficient (Wildman–Crippen LogP) is 3.06. The Morgan fingerprint density at radius 2 is 1.93 bits per heavy atom. The highest BCUT2D eigenvalue weighted by molar-refractivity contribution is 5.32. The van der Waals surface area contributed by atoms with E-state index in [9.17, 15) is 0 Å². The normalized spacial score (nSPS) is 34.9. The first kappa shape index (κ1) is 9.41. The maximum Gasteiger partial charge on any atom is 0.0233 e. The highest BCUT2D eigenvalue weighted by Gasteiger charge is 2.52. The Kier molecular flexibility index (Phi) is 2.10. The minimum atomic E-state index is 0.145. The third kappa shape index (κ3) is 1.69. The Labute approximate surface area is 91.7 Å². The molecule has 0 aromatic heterocycles. The molecule has 2 fully saturated rings. The molecule has 0 spiro atoms. The van der Waals surface area contributed by atoms with Crippen LogP contribution in [0.2, 0.25) is 0 Å². The largest absolute Gasteiger partial charge is 0.325 e. The van der Waals surface area contributed by atoms with Crippen LogP contribution in [0.25, 0.3) is 0 Å². The molecule has 0 aliphatic heterocycles. The third-order valence-electron chi connectivity index (χ3n) is 4.21. The molecule has 15 heavy (non-hydrogen) atoms. The van der Waals surface area contributed by atoms with Crippen LogP contribution >= 0.6 is 0 Å². The minimum absolute atomic E-state index is 0.145. The zero-order valence-electron chi connectivity index (χ0n) is 9.15. The molecule has 2 aliphatic carbocycles. The van der Waals surface area contributed by atoms with Crippen molar-refractivity contribution in [2.75, 3.05) is 0 Å². The van der Waals surface area contributed by atoms with E-state index in [2.05, 4.69) is 30.3 Å². The van der Waals surface area contributed by atoms with Crippen molar-refractivity contribution in [3.8, 4) is 0 Å². The summed E-state index contributed by atoms with van der Waals surface area (Å²) < 4.78 is 0. The van der Waals surface area contributed by atoms with Gasteiger partial charge in [0, 0.05) is 11.5 Å². The highest BCUT2D eigenvalue weighted by Crippen LogP contribution is 2.54. The van der Waals surface area contributed by atoms with Crippen molar-refractivity contribution in [2.24, 2.45) is 11.7 Å². The molecule has 1 nitrogen and oxygen atoms in total. The molecule has 80 valence electrons. The summed E-state index contributed by atoms with van der Waals surface area (Å²) >= 11 is 0. The lowest BCUT2D eigenvalue weighted by Crippen LogP contribution is -2.30. The second-order valence-electron chi connectivity index (χ2n) is 5.40. The monoisotopic (exact) mass is 201 g/mol. The van der Waals surface area contributed by atoms with Gasteiger partial charge in [0.15, 0.2) is 0 Å². The lowest BCUT2D eigenvalue weighted by Gasteiger charge is -2.28. The van der Waals surface area contributed by atoms with Crippen molar-refractivity contribution in [3.63, 3.8) is 0 Å². The van der Waals surface area contributed by atoms with E-state index < -0.39 is 0 Å². The fraction of sp³-hybridized carbons (Fsp3) is 0.571. The van der Waals surface area contributed by atoms with E-state index in [1.54, 1.807) is 0 Å². The minimum Gasteiger partial charge on any atom is -0.325 e. The first-order valence-electron chi connectivity index (χ1n) is 6.12. The molecule has 0 heterocycles. The lowest BCUT2D eigenvalue weighted by atomic mass is 9.79. The summed E-state index contributed by atoms with van der Waals surface area (Å²) in [5.41, 5.74) is 8.02. The van der Waals surface area contributed by atoms with Crippen molar-refractivity contribution in [1.29, 1.82) is 0 Å². The molecule has 1 aromatic rings. The van der Waals surface area contributed by atoms with E-state index in [-0.39, 0.29) is 5.54 Å². The van der Waals surface area contributed by atoms with Crippen molar-refractivity contribution in [2.45, 2.75) is 43.6 Å². The zero-order chi connectivity index (χ0) is 10.3. The summed E-state index contributed by atoms with van der Waals surface area (Å²) in [6.45, 7) is 0.